The minimum Gasteiger partial charge on any atom is -0.354 e. The normalized spacial score (nSPS) is 14.9. The van der Waals surface area contributed by atoms with Gasteiger partial charge in [-0.05, 0) is 49.9 Å². The Hall–Kier alpha value is -3.16. The Balaban J connectivity index is 1.31. The molecule has 4 heterocycles. The lowest BCUT2D eigenvalue weighted by atomic mass is 9.96. The number of aromatic nitrogens is 5. The summed E-state index contributed by atoms with van der Waals surface area (Å²) in [5, 5.41) is 11.5. The molecular formula is C21H27N7O. The van der Waals surface area contributed by atoms with Crippen LogP contribution in [-0.4, -0.2) is 55.9 Å². The highest BCUT2D eigenvalue weighted by atomic mass is 16.2. The second-order valence-electron chi connectivity index (χ2n) is 7.77. The van der Waals surface area contributed by atoms with E-state index in [0.29, 0.717) is 18.0 Å². The third kappa shape index (κ3) is 4.64. The van der Waals surface area contributed by atoms with Crippen LogP contribution in [0.15, 0.2) is 42.9 Å². The maximum atomic E-state index is 12.8. The van der Waals surface area contributed by atoms with Crippen LogP contribution in [0.25, 0.3) is 0 Å². The van der Waals surface area contributed by atoms with E-state index in [0.717, 1.165) is 49.7 Å². The maximum Gasteiger partial charge on any atom is 0.255 e. The topological polar surface area (TPSA) is 82.9 Å². The Labute approximate surface area is 170 Å². The highest BCUT2D eigenvalue weighted by molar-refractivity contribution is 5.94. The molecule has 1 aliphatic rings. The highest BCUT2D eigenvalue weighted by Crippen LogP contribution is 2.21. The minimum atomic E-state index is 0.0622. The van der Waals surface area contributed by atoms with Gasteiger partial charge in [-0.2, -0.15) is 10.2 Å². The number of nitrogens with zero attached hydrogens (tertiary/aromatic N) is 6. The van der Waals surface area contributed by atoms with Gasteiger partial charge in [0.05, 0.1) is 17.8 Å². The number of amides is 1. The van der Waals surface area contributed by atoms with Crippen LogP contribution in [0.1, 0.15) is 34.6 Å². The molecule has 0 radical (unpaired) electrons. The molecule has 0 atom stereocenters. The summed E-state index contributed by atoms with van der Waals surface area (Å²) < 4.78 is 1.98. The Morgan fingerprint density at radius 3 is 2.76 bits per heavy atom. The number of pyridine rings is 1. The van der Waals surface area contributed by atoms with E-state index < -0.39 is 0 Å². The van der Waals surface area contributed by atoms with E-state index in [-0.39, 0.29) is 5.91 Å². The summed E-state index contributed by atoms with van der Waals surface area (Å²) in [7, 11) is 1.97. The molecule has 4 rings (SSSR count). The van der Waals surface area contributed by atoms with Crippen LogP contribution < -0.4 is 4.90 Å². The van der Waals surface area contributed by atoms with Crippen molar-refractivity contribution in [3.63, 3.8) is 0 Å². The molecule has 0 aromatic carbocycles. The van der Waals surface area contributed by atoms with E-state index in [4.69, 9.17) is 0 Å². The predicted molar refractivity (Wildman–Crippen MR) is 111 cm³/mol. The highest BCUT2D eigenvalue weighted by Gasteiger charge is 2.24. The summed E-state index contributed by atoms with van der Waals surface area (Å²) in [6.45, 7) is 5.13. The first-order valence-corrected chi connectivity index (χ1v) is 10.0. The zero-order valence-electron chi connectivity index (χ0n) is 17.0. The monoisotopic (exact) mass is 393 g/mol. The molecule has 0 aliphatic carbocycles. The summed E-state index contributed by atoms with van der Waals surface area (Å²) in [6, 6.07) is 7.73. The molecule has 1 N–H and O–H groups in total. The van der Waals surface area contributed by atoms with Crippen LogP contribution >= 0.6 is 0 Å². The number of H-pyrrole nitrogens is 1. The number of anilines is 1. The average molecular weight is 393 g/mol. The van der Waals surface area contributed by atoms with Gasteiger partial charge < -0.3 is 9.80 Å². The van der Waals surface area contributed by atoms with Crippen molar-refractivity contribution in [2.75, 3.05) is 25.0 Å². The van der Waals surface area contributed by atoms with Gasteiger partial charge in [0.1, 0.15) is 5.82 Å². The van der Waals surface area contributed by atoms with Crippen LogP contribution in [-0.2, 0) is 13.1 Å². The number of aromatic amines is 1. The summed E-state index contributed by atoms with van der Waals surface area (Å²) in [5.41, 5.74) is 2.64. The molecule has 0 unspecified atom stereocenters. The summed E-state index contributed by atoms with van der Waals surface area (Å²) in [4.78, 5) is 21.3. The van der Waals surface area contributed by atoms with Gasteiger partial charge in [-0.1, -0.05) is 0 Å². The molecule has 29 heavy (non-hydrogen) atoms. The van der Waals surface area contributed by atoms with Crippen molar-refractivity contribution in [3.05, 3.63) is 59.8 Å². The maximum absolute atomic E-state index is 12.8. The lowest BCUT2D eigenvalue weighted by molar-refractivity contribution is 0.0681. The molecule has 1 fully saturated rings. The van der Waals surface area contributed by atoms with Crippen molar-refractivity contribution in [2.24, 2.45) is 5.92 Å². The van der Waals surface area contributed by atoms with E-state index in [2.05, 4.69) is 20.3 Å². The molecule has 8 heteroatoms. The van der Waals surface area contributed by atoms with Gasteiger partial charge in [-0.15, -0.1) is 0 Å². The van der Waals surface area contributed by atoms with Crippen LogP contribution in [0, 0.1) is 12.8 Å². The quantitative estimate of drug-likeness (QED) is 0.696. The lowest BCUT2D eigenvalue weighted by Crippen LogP contribution is -2.39. The fraction of sp³-hybridized carbons (Fsp3) is 0.429. The first-order valence-electron chi connectivity index (χ1n) is 10.0. The number of rotatable bonds is 6. The molecule has 0 saturated carbocycles. The van der Waals surface area contributed by atoms with Gasteiger partial charge in [-0.3, -0.25) is 14.6 Å². The number of aryl methyl sites for hydroxylation is 1. The summed E-state index contributed by atoms with van der Waals surface area (Å²) in [5.74, 6) is 1.45. The third-order valence-corrected chi connectivity index (χ3v) is 5.45. The predicted octanol–water partition coefficient (Wildman–Crippen LogP) is 2.50. The summed E-state index contributed by atoms with van der Waals surface area (Å²) >= 11 is 0. The van der Waals surface area contributed by atoms with Crippen LogP contribution in [0.4, 0.5) is 5.82 Å². The Bertz CT molecular complexity index is 924. The lowest BCUT2D eigenvalue weighted by Gasteiger charge is -2.32. The molecule has 3 aromatic heterocycles. The van der Waals surface area contributed by atoms with Gasteiger partial charge in [0.25, 0.3) is 5.91 Å². The van der Waals surface area contributed by atoms with E-state index in [1.54, 1.807) is 6.20 Å². The first kappa shape index (κ1) is 19.2. The number of hydrogen-bond acceptors (Lipinski definition) is 5. The standard InChI is InChI=1S/C21H27N7O/c1-16-12-19(25-24-16)15-26(2)20-5-4-18(13-22-20)21(29)27-10-6-17(7-11-27)14-28-9-3-8-23-28/h3-5,8-9,12-13,17H,6-7,10-11,14-15H2,1-2H3,(H,24,25). The van der Waals surface area contributed by atoms with Gasteiger partial charge in [0.2, 0.25) is 0 Å². The molecule has 1 aliphatic heterocycles. The largest absolute Gasteiger partial charge is 0.354 e. The van der Waals surface area contributed by atoms with Crippen molar-refractivity contribution in [3.8, 4) is 0 Å². The number of carbonyl (C=O) groups excluding carboxylic acids is 1. The van der Waals surface area contributed by atoms with Gasteiger partial charge in [0, 0.05) is 51.0 Å². The second-order valence-corrected chi connectivity index (χ2v) is 7.77. The number of likely N-dealkylation sites (tertiary alicyclic amines) is 1. The number of piperidine rings is 1. The Morgan fingerprint density at radius 2 is 2.14 bits per heavy atom. The van der Waals surface area contributed by atoms with Gasteiger partial charge >= 0.3 is 0 Å². The molecule has 152 valence electrons. The average Bonchev–Trinajstić information content (AvgIpc) is 3.40. The fourth-order valence-electron chi connectivity index (χ4n) is 3.79. The molecule has 1 saturated heterocycles. The first-order chi connectivity index (χ1) is 14.1. The molecule has 0 spiro atoms. The number of nitrogens with one attached hydrogen (secondary N) is 1. The minimum absolute atomic E-state index is 0.0622. The molecular weight excluding hydrogens is 366 g/mol. The zero-order valence-corrected chi connectivity index (χ0v) is 17.0. The van der Waals surface area contributed by atoms with Crippen LogP contribution in [0.2, 0.25) is 0 Å². The summed E-state index contributed by atoms with van der Waals surface area (Å²) in [6.07, 6.45) is 7.49. The number of carbonyl (C=O) groups is 1. The zero-order chi connectivity index (χ0) is 20.2. The van der Waals surface area contributed by atoms with Crippen LogP contribution in [0.5, 0.6) is 0 Å². The van der Waals surface area contributed by atoms with Crippen LogP contribution in [0.3, 0.4) is 0 Å². The van der Waals surface area contributed by atoms with E-state index in [1.165, 1.54) is 0 Å². The van der Waals surface area contributed by atoms with Crippen molar-refractivity contribution in [2.45, 2.75) is 32.9 Å². The van der Waals surface area contributed by atoms with Crippen molar-refractivity contribution in [1.82, 2.24) is 29.9 Å². The molecule has 1 amide bonds. The van der Waals surface area contributed by atoms with Crippen molar-refractivity contribution < 1.29 is 4.79 Å². The SMILES string of the molecule is Cc1cc(CN(C)c2ccc(C(=O)N3CCC(Cn4cccn4)CC3)cn2)n[nH]1. The Kier molecular flexibility index (Phi) is 5.59. The fourth-order valence-corrected chi connectivity index (χ4v) is 3.79. The molecule has 8 nitrogen and oxygen atoms in total. The van der Waals surface area contributed by atoms with E-state index in [1.807, 2.05) is 65.1 Å². The third-order valence-electron chi connectivity index (χ3n) is 5.45. The second kappa shape index (κ2) is 8.46. The van der Waals surface area contributed by atoms with Crippen molar-refractivity contribution >= 4 is 11.7 Å². The number of hydrogen-bond donors (Lipinski definition) is 1. The van der Waals surface area contributed by atoms with E-state index in [9.17, 15) is 4.79 Å². The van der Waals surface area contributed by atoms with Gasteiger partial charge in [0.15, 0.2) is 0 Å². The van der Waals surface area contributed by atoms with Gasteiger partial charge in [-0.25, -0.2) is 4.98 Å². The van der Waals surface area contributed by atoms with Crippen molar-refractivity contribution in [1.29, 1.82) is 0 Å². The van der Waals surface area contributed by atoms with E-state index >= 15 is 0 Å². The molecule has 3 aromatic rings. The molecule has 0 bridgehead atoms. The Morgan fingerprint density at radius 1 is 1.31 bits per heavy atom. The smallest absolute Gasteiger partial charge is 0.255 e.